The van der Waals surface area contributed by atoms with E-state index >= 15 is 0 Å². The highest BCUT2D eigenvalue weighted by molar-refractivity contribution is 5.64. The summed E-state index contributed by atoms with van der Waals surface area (Å²) in [6.07, 6.45) is 5.52. The van der Waals surface area contributed by atoms with Crippen LogP contribution in [0.4, 0.5) is 4.79 Å². The summed E-state index contributed by atoms with van der Waals surface area (Å²) < 4.78 is 0. The van der Waals surface area contributed by atoms with Gasteiger partial charge < -0.3 is 10.2 Å². The maximum atomic E-state index is 10.7. The molecular weight excluding hydrogens is 208 g/mol. The number of amides is 1. The van der Waals surface area contributed by atoms with Gasteiger partial charge in [-0.2, -0.15) is 0 Å². The highest BCUT2D eigenvalue weighted by Crippen LogP contribution is 2.31. The SMILES string of the molecule is CNN(CCCC1(O)CCCCC1)C(=O)O. The molecule has 0 aromatic heterocycles. The van der Waals surface area contributed by atoms with Crippen molar-refractivity contribution < 1.29 is 15.0 Å². The molecule has 0 heterocycles. The van der Waals surface area contributed by atoms with E-state index in [1.54, 1.807) is 7.05 Å². The number of hydrazine groups is 1. The standard InChI is InChI=1S/C11H22N2O3/c1-12-13(10(14)15)9-5-8-11(16)6-3-2-4-7-11/h12,16H,2-9H2,1H3,(H,14,15). The van der Waals surface area contributed by atoms with E-state index in [2.05, 4.69) is 5.43 Å². The fourth-order valence-corrected chi connectivity index (χ4v) is 2.33. The predicted octanol–water partition coefficient (Wildman–Crippen LogP) is 1.58. The fraction of sp³-hybridized carbons (Fsp3) is 0.909. The zero-order chi connectivity index (χ0) is 12.0. The van der Waals surface area contributed by atoms with Crippen molar-refractivity contribution in [3.63, 3.8) is 0 Å². The van der Waals surface area contributed by atoms with Gasteiger partial charge in [0, 0.05) is 13.6 Å². The minimum Gasteiger partial charge on any atom is -0.464 e. The lowest BCUT2D eigenvalue weighted by Gasteiger charge is -2.32. The molecule has 1 aliphatic rings. The Morgan fingerprint density at radius 2 is 2.00 bits per heavy atom. The Hall–Kier alpha value is -0.810. The molecule has 0 aliphatic heterocycles. The summed E-state index contributed by atoms with van der Waals surface area (Å²) in [5.74, 6) is 0. The Balaban J connectivity index is 2.25. The molecule has 1 aliphatic carbocycles. The number of hydrogen-bond acceptors (Lipinski definition) is 3. The number of hydrogen-bond donors (Lipinski definition) is 3. The second kappa shape index (κ2) is 6.06. The Morgan fingerprint density at radius 3 is 2.50 bits per heavy atom. The Labute approximate surface area is 96.4 Å². The van der Waals surface area contributed by atoms with Gasteiger partial charge in [-0.3, -0.25) is 0 Å². The molecule has 0 aromatic rings. The van der Waals surface area contributed by atoms with Crippen LogP contribution >= 0.6 is 0 Å². The van der Waals surface area contributed by atoms with Crippen LogP contribution in [0.25, 0.3) is 0 Å². The van der Waals surface area contributed by atoms with E-state index in [-0.39, 0.29) is 0 Å². The third-order valence-corrected chi connectivity index (χ3v) is 3.31. The van der Waals surface area contributed by atoms with E-state index in [1.807, 2.05) is 0 Å². The van der Waals surface area contributed by atoms with Gasteiger partial charge >= 0.3 is 6.09 Å². The van der Waals surface area contributed by atoms with Crippen LogP contribution in [-0.2, 0) is 0 Å². The maximum absolute atomic E-state index is 10.7. The van der Waals surface area contributed by atoms with Crippen molar-refractivity contribution in [3.8, 4) is 0 Å². The van der Waals surface area contributed by atoms with Crippen molar-refractivity contribution in [2.24, 2.45) is 0 Å². The summed E-state index contributed by atoms with van der Waals surface area (Å²) in [7, 11) is 1.59. The quantitative estimate of drug-likeness (QED) is 0.627. The lowest BCUT2D eigenvalue weighted by atomic mass is 9.82. The van der Waals surface area contributed by atoms with Gasteiger partial charge in [0.1, 0.15) is 0 Å². The third-order valence-electron chi connectivity index (χ3n) is 3.31. The first-order valence-corrected chi connectivity index (χ1v) is 5.98. The van der Waals surface area contributed by atoms with Crippen LogP contribution in [-0.4, -0.2) is 40.5 Å². The normalized spacial score (nSPS) is 19.4. The molecule has 0 radical (unpaired) electrons. The van der Waals surface area contributed by atoms with E-state index in [9.17, 15) is 9.90 Å². The molecule has 94 valence electrons. The lowest BCUT2D eigenvalue weighted by molar-refractivity contribution is -0.00793. The predicted molar refractivity (Wildman–Crippen MR) is 61.1 cm³/mol. The molecule has 0 aromatic carbocycles. The number of carbonyl (C=O) groups is 1. The van der Waals surface area contributed by atoms with Gasteiger partial charge in [-0.05, 0) is 25.7 Å². The van der Waals surface area contributed by atoms with Crippen LogP contribution in [0.5, 0.6) is 0 Å². The van der Waals surface area contributed by atoms with E-state index in [1.165, 1.54) is 6.42 Å². The van der Waals surface area contributed by atoms with Crippen molar-refractivity contribution in [2.75, 3.05) is 13.6 Å². The number of aliphatic hydroxyl groups is 1. The molecule has 1 rings (SSSR count). The van der Waals surface area contributed by atoms with Crippen LogP contribution in [0.2, 0.25) is 0 Å². The molecule has 1 fully saturated rings. The highest BCUT2D eigenvalue weighted by Gasteiger charge is 2.28. The van der Waals surface area contributed by atoms with Gasteiger partial charge in [0.2, 0.25) is 0 Å². The zero-order valence-electron chi connectivity index (χ0n) is 9.91. The molecule has 0 unspecified atom stereocenters. The minimum absolute atomic E-state index is 0.425. The first kappa shape index (κ1) is 13.3. The van der Waals surface area contributed by atoms with Crippen LogP contribution in [0, 0.1) is 0 Å². The second-order valence-corrected chi connectivity index (χ2v) is 4.55. The van der Waals surface area contributed by atoms with Gasteiger partial charge in [0.05, 0.1) is 5.60 Å². The molecule has 0 bridgehead atoms. The molecule has 5 nitrogen and oxygen atoms in total. The largest absolute Gasteiger partial charge is 0.464 e. The fourth-order valence-electron chi connectivity index (χ4n) is 2.33. The monoisotopic (exact) mass is 230 g/mol. The summed E-state index contributed by atoms with van der Waals surface area (Å²) in [5, 5.41) is 20.1. The van der Waals surface area contributed by atoms with E-state index in [0.717, 1.165) is 30.7 Å². The van der Waals surface area contributed by atoms with Crippen LogP contribution < -0.4 is 5.43 Å². The Bertz CT molecular complexity index is 227. The van der Waals surface area contributed by atoms with Crippen molar-refractivity contribution in [2.45, 2.75) is 50.5 Å². The molecule has 1 amide bonds. The van der Waals surface area contributed by atoms with E-state index in [4.69, 9.17) is 5.11 Å². The van der Waals surface area contributed by atoms with Crippen LogP contribution in [0.3, 0.4) is 0 Å². The first-order valence-electron chi connectivity index (χ1n) is 5.98. The van der Waals surface area contributed by atoms with Gasteiger partial charge in [-0.25, -0.2) is 15.2 Å². The smallest absolute Gasteiger partial charge is 0.421 e. The Morgan fingerprint density at radius 1 is 1.38 bits per heavy atom. The topological polar surface area (TPSA) is 72.8 Å². The third kappa shape index (κ3) is 3.98. The highest BCUT2D eigenvalue weighted by atomic mass is 16.4. The van der Waals surface area contributed by atoms with Crippen molar-refractivity contribution >= 4 is 6.09 Å². The molecule has 0 atom stereocenters. The van der Waals surface area contributed by atoms with Gasteiger partial charge in [0.15, 0.2) is 0 Å². The van der Waals surface area contributed by atoms with Gasteiger partial charge in [-0.1, -0.05) is 19.3 Å². The van der Waals surface area contributed by atoms with E-state index in [0.29, 0.717) is 19.4 Å². The average molecular weight is 230 g/mol. The van der Waals surface area contributed by atoms with Gasteiger partial charge in [-0.15, -0.1) is 0 Å². The van der Waals surface area contributed by atoms with Crippen molar-refractivity contribution in [1.82, 2.24) is 10.4 Å². The average Bonchev–Trinajstić information content (AvgIpc) is 2.25. The Kier molecular flexibility index (Phi) is 5.02. The maximum Gasteiger partial charge on any atom is 0.421 e. The summed E-state index contributed by atoms with van der Waals surface area (Å²) in [5.41, 5.74) is 2.06. The molecule has 1 saturated carbocycles. The van der Waals surface area contributed by atoms with Crippen molar-refractivity contribution in [1.29, 1.82) is 0 Å². The number of carboxylic acid groups (broad SMARTS) is 1. The molecule has 0 spiro atoms. The lowest BCUT2D eigenvalue weighted by Crippen LogP contribution is -2.41. The second-order valence-electron chi connectivity index (χ2n) is 4.55. The van der Waals surface area contributed by atoms with Gasteiger partial charge in [0.25, 0.3) is 0 Å². The number of nitrogens with zero attached hydrogens (tertiary/aromatic N) is 1. The molecule has 5 heteroatoms. The summed E-state index contributed by atoms with van der Waals surface area (Å²) in [4.78, 5) is 10.7. The number of rotatable bonds is 5. The van der Waals surface area contributed by atoms with Crippen molar-refractivity contribution in [3.05, 3.63) is 0 Å². The van der Waals surface area contributed by atoms with Crippen LogP contribution in [0.15, 0.2) is 0 Å². The molecular formula is C11H22N2O3. The zero-order valence-corrected chi connectivity index (χ0v) is 9.91. The first-order chi connectivity index (χ1) is 7.57. The summed E-state index contributed by atoms with van der Waals surface area (Å²) in [6, 6.07) is 0. The molecule has 0 saturated heterocycles. The summed E-state index contributed by atoms with van der Waals surface area (Å²) in [6.45, 7) is 0.425. The molecule has 16 heavy (non-hydrogen) atoms. The number of nitrogens with one attached hydrogen (secondary N) is 1. The van der Waals surface area contributed by atoms with E-state index < -0.39 is 11.7 Å². The summed E-state index contributed by atoms with van der Waals surface area (Å²) >= 11 is 0. The van der Waals surface area contributed by atoms with Crippen LogP contribution in [0.1, 0.15) is 44.9 Å². The molecule has 3 N–H and O–H groups in total. The minimum atomic E-state index is -0.974.